The molecule has 3 aromatic rings. The molecule has 4 rings (SSSR count). The second-order valence-corrected chi connectivity index (χ2v) is 6.92. The minimum Gasteiger partial charge on any atom is -0.292 e. The van der Waals surface area contributed by atoms with Crippen LogP contribution < -0.4 is 5.56 Å². The lowest BCUT2D eigenvalue weighted by atomic mass is 10.1. The summed E-state index contributed by atoms with van der Waals surface area (Å²) in [4.78, 5) is 27.4. The minimum atomic E-state index is -4.55. The summed E-state index contributed by atoms with van der Waals surface area (Å²) in [6, 6.07) is 7.09. The molecule has 0 radical (unpaired) electrons. The predicted molar refractivity (Wildman–Crippen MR) is 102 cm³/mol. The molecule has 2 aromatic carbocycles. The van der Waals surface area contributed by atoms with E-state index in [1.54, 1.807) is 12.1 Å². The van der Waals surface area contributed by atoms with E-state index in [2.05, 4.69) is 4.98 Å². The Bertz CT molecular complexity index is 1270. The van der Waals surface area contributed by atoms with Gasteiger partial charge in [-0.25, -0.2) is 4.98 Å². The maximum Gasteiger partial charge on any atom is 0.416 e. The lowest BCUT2D eigenvalue weighted by Gasteiger charge is -2.09. The maximum absolute atomic E-state index is 13.0. The van der Waals surface area contributed by atoms with Crippen LogP contribution in [-0.2, 0) is 12.7 Å². The zero-order chi connectivity index (χ0) is 20.9. The van der Waals surface area contributed by atoms with Crippen molar-refractivity contribution in [2.45, 2.75) is 19.1 Å². The molecule has 0 saturated carbocycles. The second-order valence-electron chi connectivity index (χ2n) is 6.51. The fraction of sp³-hybridized carbons (Fsp3) is 0.158. The first-order valence-electron chi connectivity index (χ1n) is 8.42. The van der Waals surface area contributed by atoms with Crippen LogP contribution in [0.1, 0.15) is 23.4 Å². The number of rotatable bonds is 2. The van der Waals surface area contributed by atoms with E-state index >= 15 is 0 Å². The fourth-order valence-corrected chi connectivity index (χ4v) is 3.48. The summed E-state index contributed by atoms with van der Waals surface area (Å²) in [5, 5.41) is 11.2. The average molecular weight is 422 g/mol. The van der Waals surface area contributed by atoms with E-state index in [4.69, 9.17) is 11.6 Å². The van der Waals surface area contributed by atoms with Crippen LogP contribution in [0.15, 0.2) is 41.2 Å². The van der Waals surface area contributed by atoms with Gasteiger partial charge in [0.15, 0.2) is 0 Å². The number of allylic oxidation sites excluding steroid dienone is 1. The number of alkyl halides is 3. The third kappa shape index (κ3) is 3.38. The molecular formula is C19H11ClF3N3O3. The van der Waals surface area contributed by atoms with E-state index in [0.717, 1.165) is 18.2 Å². The van der Waals surface area contributed by atoms with Crippen molar-refractivity contribution in [3.8, 4) is 0 Å². The number of benzene rings is 2. The van der Waals surface area contributed by atoms with Crippen molar-refractivity contribution in [3.63, 3.8) is 0 Å². The van der Waals surface area contributed by atoms with E-state index in [0.29, 0.717) is 24.1 Å². The third-order valence-electron chi connectivity index (χ3n) is 4.68. The average Bonchev–Trinajstić information content (AvgIpc) is 3.05. The highest BCUT2D eigenvalue weighted by atomic mass is 35.5. The molecule has 1 aliphatic heterocycles. The number of hydrogen-bond donors (Lipinski definition) is 0. The molecule has 6 nitrogen and oxygen atoms in total. The van der Waals surface area contributed by atoms with Gasteiger partial charge in [-0.2, -0.15) is 13.2 Å². The van der Waals surface area contributed by atoms with Gasteiger partial charge < -0.3 is 0 Å². The number of nitro groups is 1. The summed E-state index contributed by atoms with van der Waals surface area (Å²) >= 11 is 5.81. The van der Waals surface area contributed by atoms with Crippen LogP contribution in [0.25, 0.3) is 22.6 Å². The molecule has 2 heterocycles. The topological polar surface area (TPSA) is 78.0 Å². The molecule has 0 unspecified atom stereocenters. The predicted octanol–water partition coefficient (Wildman–Crippen LogP) is 4.92. The highest BCUT2D eigenvalue weighted by Gasteiger charge is 2.31. The van der Waals surface area contributed by atoms with Crippen molar-refractivity contribution in [1.29, 1.82) is 0 Å². The van der Waals surface area contributed by atoms with Crippen LogP contribution in [-0.4, -0.2) is 14.5 Å². The van der Waals surface area contributed by atoms with Gasteiger partial charge >= 0.3 is 6.18 Å². The molecule has 0 saturated heterocycles. The van der Waals surface area contributed by atoms with Crippen LogP contribution in [0.4, 0.5) is 18.9 Å². The van der Waals surface area contributed by atoms with E-state index in [1.807, 2.05) is 0 Å². The van der Waals surface area contributed by atoms with Crippen LogP contribution in [0.2, 0.25) is 5.02 Å². The Morgan fingerprint density at radius 3 is 2.66 bits per heavy atom. The number of fused-ring (bicyclic) bond motifs is 2. The standard InChI is InChI=1S/C19H11ClF3N3O3/c20-14-4-1-10(8-16(14)26(28)29)7-11-5-6-25-17(11)24-15-9-12(19(21,22)23)2-3-13(15)18(25)27/h1-4,7-9H,5-6H2/b11-7+. The lowest BCUT2D eigenvalue weighted by Crippen LogP contribution is -2.21. The molecule has 0 N–H and O–H groups in total. The zero-order valence-electron chi connectivity index (χ0n) is 14.5. The van der Waals surface area contributed by atoms with E-state index in [1.165, 1.54) is 16.7 Å². The summed E-state index contributed by atoms with van der Waals surface area (Å²) in [6.07, 6.45) is -2.51. The van der Waals surface area contributed by atoms with E-state index < -0.39 is 22.2 Å². The van der Waals surface area contributed by atoms with Crippen molar-refractivity contribution in [2.24, 2.45) is 0 Å². The van der Waals surface area contributed by atoms with Gasteiger partial charge in [0.1, 0.15) is 10.8 Å². The minimum absolute atomic E-state index is 0.0102. The first kappa shape index (κ1) is 19.1. The largest absolute Gasteiger partial charge is 0.416 e. The summed E-state index contributed by atoms with van der Waals surface area (Å²) in [5.74, 6) is 0.249. The van der Waals surface area contributed by atoms with Gasteiger partial charge in [-0.3, -0.25) is 19.5 Å². The zero-order valence-corrected chi connectivity index (χ0v) is 15.3. The molecule has 148 valence electrons. The number of nitrogens with zero attached hydrogens (tertiary/aromatic N) is 3. The summed E-state index contributed by atoms with van der Waals surface area (Å²) in [7, 11) is 0. The van der Waals surface area contributed by atoms with Crippen molar-refractivity contribution in [2.75, 3.05) is 0 Å². The van der Waals surface area contributed by atoms with E-state index in [-0.39, 0.29) is 27.4 Å². The molecule has 0 spiro atoms. The molecule has 1 aromatic heterocycles. The Hall–Kier alpha value is -3.20. The number of halogens is 4. The Morgan fingerprint density at radius 1 is 1.21 bits per heavy atom. The SMILES string of the molecule is O=c1c2ccc(C(F)(F)F)cc2nc2n1CC/C2=C\c1ccc(Cl)c([N+](=O)[O-])c1. The highest BCUT2D eigenvalue weighted by Crippen LogP contribution is 2.33. The third-order valence-corrected chi connectivity index (χ3v) is 5.00. The van der Waals surface area contributed by atoms with Gasteiger partial charge in [0.25, 0.3) is 11.2 Å². The quantitative estimate of drug-likeness (QED) is 0.434. The monoisotopic (exact) mass is 421 g/mol. The molecule has 0 atom stereocenters. The lowest BCUT2D eigenvalue weighted by molar-refractivity contribution is -0.384. The normalized spacial score (nSPS) is 15.1. The van der Waals surface area contributed by atoms with Crippen molar-refractivity contribution < 1.29 is 18.1 Å². The molecule has 1 aliphatic rings. The molecule has 0 bridgehead atoms. The number of aromatic nitrogens is 2. The molecule has 29 heavy (non-hydrogen) atoms. The van der Waals surface area contributed by atoms with Crippen LogP contribution in [0.5, 0.6) is 0 Å². The highest BCUT2D eigenvalue weighted by molar-refractivity contribution is 6.32. The first-order valence-corrected chi connectivity index (χ1v) is 8.79. The van der Waals surface area contributed by atoms with Crippen LogP contribution >= 0.6 is 11.6 Å². The molecular weight excluding hydrogens is 411 g/mol. The van der Waals surface area contributed by atoms with Gasteiger partial charge in [-0.1, -0.05) is 17.7 Å². The Morgan fingerprint density at radius 2 is 1.97 bits per heavy atom. The summed E-state index contributed by atoms with van der Waals surface area (Å²) < 4.78 is 40.4. The van der Waals surface area contributed by atoms with Gasteiger partial charge in [0.05, 0.1) is 21.4 Å². The maximum atomic E-state index is 13.0. The molecule has 0 fully saturated rings. The summed E-state index contributed by atoms with van der Waals surface area (Å²) in [6.45, 7) is 0.319. The molecule has 10 heteroatoms. The van der Waals surface area contributed by atoms with Gasteiger partial charge in [0, 0.05) is 12.6 Å². The van der Waals surface area contributed by atoms with Gasteiger partial charge in [-0.05, 0) is 47.9 Å². The van der Waals surface area contributed by atoms with E-state index in [9.17, 15) is 28.1 Å². The van der Waals surface area contributed by atoms with Crippen molar-refractivity contribution in [3.05, 3.63) is 78.8 Å². The smallest absolute Gasteiger partial charge is 0.292 e. The van der Waals surface area contributed by atoms with Gasteiger partial charge in [0.2, 0.25) is 0 Å². The Labute approximate surface area is 166 Å². The second kappa shape index (κ2) is 6.70. The summed E-state index contributed by atoms with van der Waals surface area (Å²) in [5.41, 5.74) is -0.562. The first-order chi connectivity index (χ1) is 13.6. The van der Waals surface area contributed by atoms with Gasteiger partial charge in [-0.15, -0.1) is 0 Å². The Kier molecular flexibility index (Phi) is 4.42. The van der Waals surface area contributed by atoms with Crippen LogP contribution in [0, 0.1) is 10.1 Å². The van der Waals surface area contributed by atoms with Crippen molar-refractivity contribution >= 4 is 39.8 Å². The van der Waals surface area contributed by atoms with Crippen LogP contribution in [0.3, 0.4) is 0 Å². The number of hydrogen-bond acceptors (Lipinski definition) is 4. The number of nitro benzene ring substituents is 1. The molecule has 0 amide bonds. The molecule has 0 aliphatic carbocycles. The Balaban J connectivity index is 1.86. The van der Waals surface area contributed by atoms with Crippen molar-refractivity contribution in [1.82, 2.24) is 9.55 Å². The fourth-order valence-electron chi connectivity index (χ4n) is 3.29.